The van der Waals surface area contributed by atoms with Gasteiger partial charge in [-0.05, 0) is 29.7 Å². The van der Waals surface area contributed by atoms with E-state index in [0.29, 0.717) is 11.6 Å². The summed E-state index contributed by atoms with van der Waals surface area (Å²) in [4.78, 5) is 12.4. The number of hydrogen-bond donors (Lipinski definition) is 2. The van der Waals surface area contributed by atoms with Crippen LogP contribution in [-0.4, -0.2) is 16.1 Å². The van der Waals surface area contributed by atoms with Crippen LogP contribution in [0.1, 0.15) is 32.0 Å². The molecule has 0 aliphatic rings. The topological polar surface area (TPSA) is 66.9 Å². The molecule has 4 aromatic rings. The summed E-state index contributed by atoms with van der Waals surface area (Å²) in [6, 6.07) is 30.2. The highest BCUT2D eigenvalue weighted by molar-refractivity contribution is 7.13. The lowest BCUT2D eigenvalue weighted by Crippen LogP contribution is -2.23. The first-order valence-corrected chi connectivity index (χ1v) is 10.6. The molecule has 5 nitrogen and oxygen atoms in total. The van der Waals surface area contributed by atoms with E-state index in [1.807, 2.05) is 54.6 Å². The summed E-state index contributed by atoms with van der Waals surface area (Å²) in [6.07, 6.45) is 0.866. The Hall–Kier alpha value is -3.35. The minimum atomic E-state index is -0.242. The van der Waals surface area contributed by atoms with Gasteiger partial charge in [0.15, 0.2) is 0 Å². The molecule has 0 spiro atoms. The van der Waals surface area contributed by atoms with Crippen LogP contribution in [0.5, 0.6) is 0 Å². The van der Waals surface area contributed by atoms with Crippen LogP contribution in [0.4, 0.5) is 5.69 Å². The Morgan fingerprint density at radius 3 is 2.17 bits per heavy atom. The van der Waals surface area contributed by atoms with Gasteiger partial charge in [-0.2, -0.15) is 0 Å². The average molecular weight is 415 g/mol. The van der Waals surface area contributed by atoms with Gasteiger partial charge < -0.3 is 10.6 Å². The molecule has 0 bridgehead atoms. The van der Waals surface area contributed by atoms with Crippen molar-refractivity contribution in [1.29, 1.82) is 0 Å². The van der Waals surface area contributed by atoms with E-state index in [1.54, 1.807) is 0 Å². The van der Waals surface area contributed by atoms with Gasteiger partial charge in [-0.15, -0.1) is 10.2 Å². The number of para-hydroxylation sites is 1. The third kappa shape index (κ3) is 5.37. The molecule has 1 unspecified atom stereocenters. The molecule has 0 aliphatic heterocycles. The largest absolute Gasteiger partial charge is 0.320 e. The number of benzene rings is 3. The third-order valence-corrected chi connectivity index (χ3v) is 5.60. The average Bonchev–Trinajstić information content (AvgIpc) is 3.28. The molecule has 0 aliphatic carbocycles. The minimum Gasteiger partial charge on any atom is -0.320 e. The highest BCUT2D eigenvalue weighted by Gasteiger charge is 2.16. The van der Waals surface area contributed by atoms with E-state index in [4.69, 9.17) is 0 Å². The van der Waals surface area contributed by atoms with Crippen molar-refractivity contribution in [2.24, 2.45) is 0 Å². The van der Waals surface area contributed by atoms with E-state index in [2.05, 4.69) is 57.2 Å². The van der Waals surface area contributed by atoms with Crippen LogP contribution in [0.2, 0.25) is 0 Å². The Kier molecular flexibility index (Phi) is 6.59. The van der Waals surface area contributed by atoms with Gasteiger partial charge in [0.2, 0.25) is 5.01 Å². The Balaban J connectivity index is 1.42. The van der Waals surface area contributed by atoms with Gasteiger partial charge in [-0.3, -0.25) is 4.79 Å². The highest BCUT2D eigenvalue weighted by atomic mass is 32.1. The number of anilines is 1. The quantitative estimate of drug-likeness (QED) is 0.432. The van der Waals surface area contributed by atoms with Gasteiger partial charge in [0.05, 0.1) is 6.54 Å². The summed E-state index contributed by atoms with van der Waals surface area (Å²) in [5.41, 5.74) is 3.22. The first-order valence-electron chi connectivity index (χ1n) is 9.79. The van der Waals surface area contributed by atoms with E-state index >= 15 is 0 Å². The van der Waals surface area contributed by atoms with Gasteiger partial charge in [0, 0.05) is 11.7 Å². The second-order valence-electron chi connectivity index (χ2n) is 6.85. The molecular weight excluding hydrogens is 392 g/mol. The summed E-state index contributed by atoms with van der Waals surface area (Å²) in [5, 5.41) is 15.8. The van der Waals surface area contributed by atoms with Crippen molar-refractivity contribution in [3.8, 4) is 0 Å². The minimum absolute atomic E-state index is 0.138. The van der Waals surface area contributed by atoms with Crippen LogP contribution in [-0.2, 0) is 13.0 Å². The molecule has 0 fully saturated rings. The Morgan fingerprint density at radius 2 is 1.47 bits per heavy atom. The van der Waals surface area contributed by atoms with E-state index in [0.717, 1.165) is 17.1 Å². The normalized spacial score (nSPS) is 11.7. The molecule has 0 radical (unpaired) electrons. The van der Waals surface area contributed by atoms with Crippen molar-refractivity contribution in [2.45, 2.75) is 19.0 Å². The van der Waals surface area contributed by atoms with Gasteiger partial charge in [0.1, 0.15) is 5.01 Å². The Labute approximate surface area is 179 Å². The van der Waals surface area contributed by atoms with Crippen molar-refractivity contribution >= 4 is 22.9 Å². The monoisotopic (exact) mass is 414 g/mol. The fourth-order valence-electron chi connectivity index (χ4n) is 3.18. The maximum absolute atomic E-state index is 12.4. The number of nitrogens with zero attached hydrogens (tertiary/aromatic N) is 2. The number of nitrogens with one attached hydrogen (secondary N) is 2. The standard InChI is InChI=1S/C24H22N4OS/c29-23(26-20-14-8-3-9-15-20)24-28-27-22(30-24)17-25-21(19-12-6-2-7-13-19)16-18-10-4-1-5-11-18/h1-15,21,25H,16-17H2,(H,26,29). The summed E-state index contributed by atoms with van der Waals surface area (Å²) in [7, 11) is 0. The Bertz CT molecular complexity index is 1070. The number of aromatic nitrogens is 2. The smallest absolute Gasteiger partial charge is 0.286 e. The zero-order chi connectivity index (χ0) is 20.6. The lowest BCUT2D eigenvalue weighted by molar-refractivity contribution is 0.102. The first-order chi connectivity index (χ1) is 14.8. The molecule has 2 N–H and O–H groups in total. The second-order valence-corrected chi connectivity index (χ2v) is 7.92. The van der Waals surface area contributed by atoms with Crippen LogP contribution >= 0.6 is 11.3 Å². The van der Waals surface area contributed by atoms with Crippen molar-refractivity contribution in [1.82, 2.24) is 15.5 Å². The van der Waals surface area contributed by atoms with Crippen molar-refractivity contribution < 1.29 is 4.79 Å². The maximum atomic E-state index is 12.4. The summed E-state index contributed by atoms with van der Waals surface area (Å²) in [6.45, 7) is 0.544. The van der Waals surface area contributed by atoms with E-state index in [-0.39, 0.29) is 11.9 Å². The van der Waals surface area contributed by atoms with E-state index in [9.17, 15) is 4.79 Å². The third-order valence-electron chi connectivity index (χ3n) is 4.68. The van der Waals surface area contributed by atoms with Gasteiger partial charge in [0.25, 0.3) is 5.91 Å². The second kappa shape index (κ2) is 9.91. The fourth-order valence-corrected chi connectivity index (χ4v) is 3.86. The Morgan fingerprint density at radius 1 is 0.833 bits per heavy atom. The molecule has 150 valence electrons. The summed E-state index contributed by atoms with van der Waals surface area (Å²) >= 11 is 1.31. The molecule has 4 rings (SSSR count). The van der Waals surface area contributed by atoms with Crippen LogP contribution in [0.15, 0.2) is 91.0 Å². The number of hydrogen-bond acceptors (Lipinski definition) is 5. The van der Waals surface area contributed by atoms with Crippen LogP contribution in [0.25, 0.3) is 0 Å². The molecule has 3 aromatic carbocycles. The summed E-state index contributed by atoms with van der Waals surface area (Å²) in [5.74, 6) is -0.242. The van der Waals surface area contributed by atoms with E-state index in [1.165, 1.54) is 22.5 Å². The molecule has 1 heterocycles. The van der Waals surface area contributed by atoms with E-state index < -0.39 is 0 Å². The zero-order valence-electron chi connectivity index (χ0n) is 16.4. The summed E-state index contributed by atoms with van der Waals surface area (Å²) < 4.78 is 0. The van der Waals surface area contributed by atoms with Crippen molar-refractivity contribution in [3.05, 3.63) is 112 Å². The molecule has 1 atom stereocenters. The van der Waals surface area contributed by atoms with Crippen molar-refractivity contribution in [2.75, 3.05) is 5.32 Å². The molecule has 1 amide bonds. The first kappa shape index (κ1) is 19.9. The predicted molar refractivity (Wildman–Crippen MR) is 120 cm³/mol. The molecule has 1 aromatic heterocycles. The van der Waals surface area contributed by atoms with Crippen LogP contribution < -0.4 is 10.6 Å². The SMILES string of the molecule is O=C(Nc1ccccc1)c1nnc(CNC(Cc2ccccc2)c2ccccc2)s1. The number of carbonyl (C=O) groups excluding carboxylic acids is 1. The molecule has 0 saturated heterocycles. The van der Waals surface area contributed by atoms with Crippen LogP contribution in [0, 0.1) is 0 Å². The van der Waals surface area contributed by atoms with Crippen molar-refractivity contribution in [3.63, 3.8) is 0 Å². The molecule has 30 heavy (non-hydrogen) atoms. The zero-order valence-corrected chi connectivity index (χ0v) is 17.2. The number of carbonyl (C=O) groups is 1. The fraction of sp³-hybridized carbons (Fsp3) is 0.125. The number of rotatable bonds is 8. The predicted octanol–water partition coefficient (Wildman–Crippen LogP) is 4.86. The lowest BCUT2D eigenvalue weighted by Gasteiger charge is -2.19. The van der Waals surface area contributed by atoms with Crippen LogP contribution in [0.3, 0.4) is 0 Å². The number of amides is 1. The molecule has 6 heteroatoms. The van der Waals surface area contributed by atoms with Gasteiger partial charge in [-0.25, -0.2) is 0 Å². The maximum Gasteiger partial charge on any atom is 0.286 e. The lowest BCUT2D eigenvalue weighted by atomic mass is 9.99. The van der Waals surface area contributed by atoms with Gasteiger partial charge >= 0.3 is 0 Å². The molecule has 0 saturated carbocycles. The highest BCUT2D eigenvalue weighted by Crippen LogP contribution is 2.20. The van der Waals surface area contributed by atoms with Gasteiger partial charge in [-0.1, -0.05) is 90.2 Å². The molecular formula is C24H22N4OS.